The second-order valence-corrected chi connectivity index (χ2v) is 7.82. The van der Waals surface area contributed by atoms with Gasteiger partial charge in [-0.05, 0) is 25.8 Å². The molecule has 1 aliphatic carbocycles. The normalized spacial score (nSPS) is 18.3. The molecule has 0 aliphatic heterocycles. The van der Waals surface area contributed by atoms with Gasteiger partial charge in [0.15, 0.2) is 11.6 Å². The minimum Gasteiger partial charge on any atom is -0.293 e. The van der Waals surface area contributed by atoms with Gasteiger partial charge in [-0.3, -0.25) is 9.59 Å². The third kappa shape index (κ3) is 3.84. The van der Waals surface area contributed by atoms with E-state index >= 15 is 0 Å². The van der Waals surface area contributed by atoms with E-state index in [2.05, 4.69) is 31.2 Å². The topological polar surface area (TPSA) is 34.1 Å². The highest BCUT2D eigenvalue weighted by atomic mass is 16.1. The molecule has 0 saturated heterocycles. The Morgan fingerprint density at radius 1 is 0.724 bits per heavy atom. The Morgan fingerprint density at radius 2 is 1.31 bits per heavy atom. The minimum absolute atomic E-state index is 0.0172. The lowest BCUT2D eigenvalue weighted by Crippen LogP contribution is -2.24. The zero-order chi connectivity index (χ0) is 20.4. The molecule has 2 nitrogen and oxygen atoms in total. The summed E-state index contributed by atoms with van der Waals surface area (Å²) in [4.78, 5) is 26.8. The Labute approximate surface area is 171 Å². The predicted octanol–water partition coefficient (Wildman–Crippen LogP) is 6.10. The average molecular weight is 380 g/mol. The van der Waals surface area contributed by atoms with Crippen molar-refractivity contribution in [1.29, 1.82) is 0 Å². The van der Waals surface area contributed by atoms with E-state index in [4.69, 9.17) is 0 Å². The van der Waals surface area contributed by atoms with Gasteiger partial charge in [0, 0.05) is 22.6 Å². The van der Waals surface area contributed by atoms with Gasteiger partial charge in [0.05, 0.1) is 5.92 Å². The van der Waals surface area contributed by atoms with Crippen molar-refractivity contribution in [1.82, 2.24) is 0 Å². The standard InChI is InChI=1S/C27H24O2/c1-18-8-12-20(13-9-18)23-16-17-24(26(28)21-6-4-3-5-7-21)25(23)27(29)22-14-10-19(2)11-15-22/h3-15,17,23,25H,16H2,1-2H3/t23-,25-/m1/s1. The minimum atomic E-state index is -0.465. The van der Waals surface area contributed by atoms with Crippen molar-refractivity contribution in [2.24, 2.45) is 5.92 Å². The van der Waals surface area contributed by atoms with Gasteiger partial charge in [-0.25, -0.2) is 0 Å². The largest absolute Gasteiger partial charge is 0.293 e. The summed E-state index contributed by atoms with van der Waals surface area (Å²) in [5.74, 6) is -0.519. The molecule has 3 aromatic carbocycles. The Morgan fingerprint density at radius 3 is 1.93 bits per heavy atom. The maximum Gasteiger partial charge on any atom is 0.189 e. The molecule has 2 heteroatoms. The molecular formula is C27H24O2. The fourth-order valence-electron chi connectivity index (χ4n) is 4.09. The molecule has 0 bridgehead atoms. The molecule has 0 N–H and O–H groups in total. The summed E-state index contributed by atoms with van der Waals surface area (Å²) in [6, 6.07) is 25.2. The first-order valence-electron chi connectivity index (χ1n) is 10.0. The number of hydrogen-bond acceptors (Lipinski definition) is 2. The van der Waals surface area contributed by atoms with Crippen molar-refractivity contribution in [2.45, 2.75) is 26.2 Å². The average Bonchev–Trinajstić information content (AvgIpc) is 3.19. The van der Waals surface area contributed by atoms with Gasteiger partial charge in [0.1, 0.15) is 0 Å². The fourth-order valence-corrected chi connectivity index (χ4v) is 4.09. The third-order valence-electron chi connectivity index (χ3n) is 5.75. The molecule has 0 unspecified atom stereocenters. The smallest absolute Gasteiger partial charge is 0.189 e. The third-order valence-corrected chi connectivity index (χ3v) is 5.75. The Balaban J connectivity index is 1.74. The van der Waals surface area contributed by atoms with Gasteiger partial charge in [-0.2, -0.15) is 0 Å². The first-order valence-corrected chi connectivity index (χ1v) is 10.0. The van der Waals surface area contributed by atoms with Gasteiger partial charge in [0.2, 0.25) is 0 Å². The molecule has 0 fully saturated rings. The van der Waals surface area contributed by atoms with Crippen LogP contribution in [-0.2, 0) is 0 Å². The number of rotatable bonds is 5. The van der Waals surface area contributed by atoms with Gasteiger partial charge in [-0.1, -0.05) is 96.1 Å². The summed E-state index contributed by atoms with van der Waals surface area (Å²) in [6.07, 6.45) is 2.66. The molecule has 4 rings (SSSR count). The van der Waals surface area contributed by atoms with Crippen LogP contribution in [0.3, 0.4) is 0 Å². The van der Waals surface area contributed by atoms with E-state index in [9.17, 15) is 9.59 Å². The molecule has 144 valence electrons. The number of hydrogen-bond donors (Lipinski definition) is 0. The van der Waals surface area contributed by atoms with E-state index in [1.807, 2.05) is 67.6 Å². The van der Waals surface area contributed by atoms with Crippen molar-refractivity contribution in [3.8, 4) is 0 Å². The summed E-state index contributed by atoms with van der Waals surface area (Å²) in [5.41, 5.74) is 5.30. The zero-order valence-electron chi connectivity index (χ0n) is 16.8. The molecule has 0 spiro atoms. The molecular weight excluding hydrogens is 356 g/mol. The van der Waals surface area contributed by atoms with Crippen LogP contribution in [0.4, 0.5) is 0 Å². The first kappa shape index (κ1) is 19.1. The summed E-state index contributed by atoms with van der Waals surface area (Å²) in [6.45, 7) is 4.05. The van der Waals surface area contributed by atoms with Crippen LogP contribution in [0.5, 0.6) is 0 Å². The van der Waals surface area contributed by atoms with Crippen LogP contribution in [0, 0.1) is 19.8 Å². The van der Waals surface area contributed by atoms with Crippen molar-refractivity contribution in [3.63, 3.8) is 0 Å². The number of aryl methyl sites for hydroxylation is 2. The van der Waals surface area contributed by atoms with Gasteiger partial charge in [-0.15, -0.1) is 0 Å². The van der Waals surface area contributed by atoms with Crippen LogP contribution < -0.4 is 0 Å². The highest BCUT2D eigenvalue weighted by Crippen LogP contribution is 2.42. The van der Waals surface area contributed by atoms with E-state index < -0.39 is 5.92 Å². The van der Waals surface area contributed by atoms with Gasteiger partial charge >= 0.3 is 0 Å². The van der Waals surface area contributed by atoms with Crippen molar-refractivity contribution in [3.05, 3.63) is 118 Å². The summed E-state index contributed by atoms with van der Waals surface area (Å²) < 4.78 is 0. The molecule has 0 amide bonds. The summed E-state index contributed by atoms with van der Waals surface area (Å²) in [7, 11) is 0. The molecule has 0 radical (unpaired) electrons. The van der Waals surface area contributed by atoms with Crippen LogP contribution in [0.25, 0.3) is 0 Å². The SMILES string of the molecule is Cc1ccc(C(=O)[C@H]2C(C(=O)c3ccccc3)=CC[C@@H]2c2ccc(C)cc2)cc1. The molecule has 0 heterocycles. The Hall–Kier alpha value is -3.26. The fraction of sp³-hybridized carbons (Fsp3) is 0.185. The molecule has 3 aromatic rings. The number of carbonyl (C=O) groups is 2. The van der Waals surface area contributed by atoms with Crippen LogP contribution in [-0.4, -0.2) is 11.6 Å². The quantitative estimate of drug-likeness (QED) is 0.501. The van der Waals surface area contributed by atoms with Gasteiger partial charge in [0.25, 0.3) is 0 Å². The number of allylic oxidation sites excluding steroid dienone is 2. The van der Waals surface area contributed by atoms with Crippen LogP contribution in [0.15, 0.2) is 90.5 Å². The highest BCUT2D eigenvalue weighted by Gasteiger charge is 2.39. The molecule has 29 heavy (non-hydrogen) atoms. The predicted molar refractivity (Wildman–Crippen MR) is 116 cm³/mol. The molecule has 1 aliphatic rings. The lowest BCUT2D eigenvalue weighted by atomic mass is 9.78. The molecule has 0 saturated carbocycles. The van der Waals surface area contributed by atoms with Crippen molar-refractivity contribution >= 4 is 11.6 Å². The first-order chi connectivity index (χ1) is 14.0. The van der Waals surface area contributed by atoms with E-state index in [1.54, 1.807) is 0 Å². The zero-order valence-corrected chi connectivity index (χ0v) is 16.8. The van der Waals surface area contributed by atoms with E-state index in [0.717, 1.165) is 11.1 Å². The second kappa shape index (κ2) is 8.00. The maximum atomic E-state index is 13.6. The van der Waals surface area contributed by atoms with Crippen LogP contribution in [0.2, 0.25) is 0 Å². The number of ketones is 2. The van der Waals surface area contributed by atoms with E-state index in [1.165, 1.54) is 5.56 Å². The molecule has 2 atom stereocenters. The second-order valence-electron chi connectivity index (χ2n) is 7.82. The summed E-state index contributed by atoms with van der Waals surface area (Å²) in [5, 5.41) is 0. The Kier molecular flexibility index (Phi) is 5.26. The van der Waals surface area contributed by atoms with Crippen LogP contribution in [0.1, 0.15) is 49.7 Å². The van der Waals surface area contributed by atoms with Crippen molar-refractivity contribution < 1.29 is 9.59 Å². The van der Waals surface area contributed by atoms with E-state index in [-0.39, 0.29) is 17.5 Å². The number of benzene rings is 3. The monoisotopic (exact) mass is 380 g/mol. The van der Waals surface area contributed by atoms with E-state index in [0.29, 0.717) is 23.1 Å². The summed E-state index contributed by atoms with van der Waals surface area (Å²) >= 11 is 0. The van der Waals surface area contributed by atoms with Crippen LogP contribution >= 0.6 is 0 Å². The van der Waals surface area contributed by atoms with Crippen molar-refractivity contribution in [2.75, 3.05) is 0 Å². The number of Topliss-reactive ketones (excluding diaryl/α,β-unsaturated/α-hetero) is 2. The highest BCUT2D eigenvalue weighted by molar-refractivity contribution is 6.15. The lowest BCUT2D eigenvalue weighted by Gasteiger charge is -2.22. The number of carbonyl (C=O) groups excluding carboxylic acids is 2. The maximum absolute atomic E-state index is 13.6. The lowest BCUT2D eigenvalue weighted by molar-refractivity contribution is 0.0899. The van der Waals surface area contributed by atoms with Gasteiger partial charge < -0.3 is 0 Å². The Bertz CT molecular complexity index is 1060. The molecule has 0 aromatic heterocycles.